The van der Waals surface area contributed by atoms with E-state index in [4.69, 9.17) is 4.74 Å². The first kappa shape index (κ1) is 22.4. The van der Waals surface area contributed by atoms with Gasteiger partial charge in [-0.05, 0) is 43.5 Å². The summed E-state index contributed by atoms with van der Waals surface area (Å²) in [6, 6.07) is 11.0. The minimum absolute atomic E-state index is 0.0990. The van der Waals surface area contributed by atoms with Crippen molar-refractivity contribution in [3.05, 3.63) is 48.3 Å². The third-order valence-corrected chi connectivity index (χ3v) is 7.14. The van der Waals surface area contributed by atoms with E-state index in [0.29, 0.717) is 28.1 Å². The summed E-state index contributed by atoms with van der Waals surface area (Å²) in [6.07, 6.45) is 6.31. The highest BCUT2D eigenvalue weighted by molar-refractivity contribution is 7.99. The number of hydrogen-bond acceptors (Lipinski definition) is 7. The normalized spacial score (nSPS) is 20.3. The van der Waals surface area contributed by atoms with Crippen LogP contribution in [-0.4, -0.2) is 62.3 Å². The van der Waals surface area contributed by atoms with Crippen LogP contribution in [-0.2, 0) is 9.53 Å². The number of rotatable bonds is 5. The molecule has 3 aromatic rings. The number of carbonyl (C=O) groups excluding carboxylic acids is 2. The first-order chi connectivity index (χ1) is 16.7. The molecular weight excluding hydrogens is 452 g/mol. The summed E-state index contributed by atoms with van der Waals surface area (Å²) in [7, 11) is 0. The molecule has 2 saturated heterocycles. The average molecular weight is 477 g/mol. The van der Waals surface area contributed by atoms with Crippen molar-refractivity contribution in [2.75, 3.05) is 24.8 Å². The van der Waals surface area contributed by atoms with Gasteiger partial charge in [0.05, 0.1) is 35.3 Å². The van der Waals surface area contributed by atoms with Crippen LogP contribution < -0.4 is 5.32 Å². The van der Waals surface area contributed by atoms with E-state index in [1.807, 2.05) is 28.9 Å². The van der Waals surface area contributed by atoms with Crippen LogP contribution in [0.2, 0.25) is 0 Å². The number of amides is 2. The number of pyridine rings is 1. The predicted molar refractivity (Wildman–Crippen MR) is 128 cm³/mol. The summed E-state index contributed by atoms with van der Waals surface area (Å²) in [5, 5.41) is 17.1. The number of nitriles is 1. The molecule has 0 aliphatic carbocycles. The molecule has 2 atom stereocenters. The van der Waals surface area contributed by atoms with Crippen LogP contribution in [0.1, 0.15) is 35.8 Å². The molecule has 0 bridgehead atoms. The second-order valence-corrected chi connectivity index (χ2v) is 9.26. The van der Waals surface area contributed by atoms with Gasteiger partial charge in [-0.25, -0.2) is 4.68 Å². The van der Waals surface area contributed by atoms with Crippen molar-refractivity contribution in [3.8, 4) is 17.3 Å². The topological polar surface area (TPSA) is 113 Å². The number of benzene rings is 1. The Hall–Kier alpha value is -3.42. The summed E-state index contributed by atoms with van der Waals surface area (Å²) in [5.41, 5.74) is 2.94. The molecule has 2 fully saturated rings. The van der Waals surface area contributed by atoms with Gasteiger partial charge in [-0.2, -0.15) is 10.4 Å². The molecule has 34 heavy (non-hydrogen) atoms. The van der Waals surface area contributed by atoms with Crippen LogP contribution in [0.15, 0.2) is 42.7 Å². The largest absolute Gasteiger partial charge is 0.356 e. The Morgan fingerprint density at radius 1 is 1.24 bits per heavy atom. The molecule has 2 amide bonds. The number of nitrogens with one attached hydrogen (secondary N) is 1. The molecule has 10 heteroatoms. The zero-order valence-corrected chi connectivity index (χ0v) is 19.3. The van der Waals surface area contributed by atoms with Crippen molar-refractivity contribution in [3.63, 3.8) is 0 Å². The fraction of sp³-hybridized carbons (Fsp3) is 0.375. The minimum Gasteiger partial charge on any atom is -0.356 e. The van der Waals surface area contributed by atoms with Crippen LogP contribution in [0.4, 0.5) is 0 Å². The van der Waals surface area contributed by atoms with Gasteiger partial charge in [-0.15, -0.1) is 11.8 Å². The fourth-order valence-electron chi connectivity index (χ4n) is 4.34. The maximum Gasteiger partial charge on any atom is 0.252 e. The van der Waals surface area contributed by atoms with Crippen molar-refractivity contribution >= 4 is 34.5 Å². The lowest BCUT2D eigenvalue weighted by Gasteiger charge is -2.24. The Bertz CT molecular complexity index is 1260. The zero-order valence-electron chi connectivity index (χ0n) is 18.5. The predicted octanol–water partition coefficient (Wildman–Crippen LogP) is 2.95. The molecule has 1 aromatic carbocycles. The fourth-order valence-corrected chi connectivity index (χ4v) is 5.44. The summed E-state index contributed by atoms with van der Waals surface area (Å²) >= 11 is 1.53. The Labute approximate surface area is 201 Å². The molecule has 1 N–H and O–H groups in total. The molecule has 174 valence electrons. The van der Waals surface area contributed by atoms with Gasteiger partial charge in [0.25, 0.3) is 5.91 Å². The van der Waals surface area contributed by atoms with Gasteiger partial charge in [-0.1, -0.05) is 6.07 Å². The average Bonchev–Trinajstić information content (AvgIpc) is 3.57. The Morgan fingerprint density at radius 2 is 2.15 bits per heavy atom. The van der Waals surface area contributed by atoms with Gasteiger partial charge in [0.1, 0.15) is 6.04 Å². The Morgan fingerprint density at radius 3 is 2.97 bits per heavy atom. The summed E-state index contributed by atoms with van der Waals surface area (Å²) in [6.45, 7) is 0.562. The van der Waals surface area contributed by atoms with Crippen molar-refractivity contribution in [1.82, 2.24) is 25.0 Å². The second-order valence-electron chi connectivity index (χ2n) is 8.26. The highest BCUT2D eigenvalue weighted by atomic mass is 32.2. The molecule has 0 saturated carbocycles. The quantitative estimate of drug-likeness (QED) is 0.602. The minimum atomic E-state index is -0.447. The van der Waals surface area contributed by atoms with E-state index in [0.717, 1.165) is 37.1 Å². The SMILES string of the molecule is N#C[C@@H]1CSCN1C(=O)CNC(=O)c1ccnc2ccc(-c3ccnn3[C@H]3CCCCO3)cc12. The van der Waals surface area contributed by atoms with Gasteiger partial charge >= 0.3 is 0 Å². The summed E-state index contributed by atoms with van der Waals surface area (Å²) in [4.78, 5) is 31.4. The number of ether oxygens (including phenoxy) is 1. The molecule has 0 radical (unpaired) electrons. The van der Waals surface area contributed by atoms with Gasteiger partial charge in [0.15, 0.2) is 6.23 Å². The van der Waals surface area contributed by atoms with E-state index < -0.39 is 6.04 Å². The summed E-state index contributed by atoms with van der Waals surface area (Å²) in [5.74, 6) is 0.436. The van der Waals surface area contributed by atoms with Gasteiger partial charge in [0.2, 0.25) is 5.91 Å². The van der Waals surface area contributed by atoms with Gasteiger partial charge in [-0.3, -0.25) is 14.6 Å². The zero-order chi connectivity index (χ0) is 23.5. The van der Waals surface area contributed by atoms with E-state index in [9.17, 15) is 14.9 Å². The Balaban J connectivity index is 1.38. The van der Waals surface area contributed by atoms with Crippen LogP contribution in [0, 0.1) is 11.3 Å². The number of fused-ring (bicyclic) bond motifs is 1. The monoisotopic (exact) mass is 476 g/mol. The number of hydrogen-bond donors (Lipinski definition) is 1. The molecule has 4 heterocycles. The van der Waals surface area contributed by atoms with Crippen LogP contribution in [0.5, 0.6) is 0 Å². The van der Waals surface area contributed by atoms with Gasteiger partial charge < -0.3 is 15.0 Å². The van der Waals surface area contributed by atoms with E-state index in [-0.39, 0.29) is 24.6 Å². The molecule has 5 rings (SSSR count). The molecule has 2 aliphatic rings. The van der Waals surface area contributed by atoms with E-state index >= 15 is 0 Å². The highest BCUT2D eigenvalue weighted by Gasteiger charge is 2.29. The van der Waals surface area contributed by atoms with Crippen molar-refractivity contribution in [2.45, 2.75) is 31.5 Å². The number of nitrogens with zero attached hydrogens (tertiary/aromatic N) is 5. The Kier molecular flexibility index (Phi) is 6.47. The molecule has 2 aliphatic heterocycles. The lowest BCUT2D eigenvalue weighted by Crippen LogP contribution is -2.42. The van der Waals surface area contributed by atoms with Crippen LogP contribution >= 0.6 is 11.8 Å². The molecule has 0 unspecified atom stereocenters. The van der Waals surface area contributed by atoms with Gasteiger partial charge in [0, 0.05) is 35.7 Å². The molecule has 2 aromatic heterocycles. The first-order valence-corrected chi connectivity index (χ1v) is 12.4. The number of carbonyl (C=O) groups is 2. The second kappa shape index (κ2) is 9.83. The molecular formula is C24H24N6O3S. The molecule has 0 spiro atoms. The third-order valence-electron chi connectivity index (χ3n) is 6.13. The van der Waals surface area contributed by atoms with Crippen LogP contribution in [0.3, 0.4) is 0 Å². The van der Waals surface area contributed by atoms with E-state index in [2.05, 4.69) is 21.5 Å². The first-order valence-electron chi connectivity index (χ1n) is 11.2. The van der Waals surface area contributed by atoms with Crippen molar-refractivity contribution < 1.29 is 14.3 Å². The van der Waals surface area contributed by atoms with Crippen LogP contribution in [0.25, 0.3) is 22.2 Å². The number of aromatic nitrogens is 3. The maximum atomic E-state index is 13.0. The van der Waals surface area contributed by atoms with E-state index in [1.54, 1.807) is 18.5 Å². The van der Waals surface area contributed by atoms with E-state index in [1.165, 1.54) is 16.7 Å². The maximum absolute atomic E-state index is 13.0. The highest BCUT2D eigenvalue weighted by Crippen LogP contribution is 2.30. The van der Waals surface area contributed by atoms with Crippen molar-refractivity contribution in [1.29, 1.82) is 5.26 Å². The standard InChI is InChI=1S/C24H24N6O3S/c25-12-17-14-34-15-29(17)22(31)13-27-24(32)18-6-8-26-20-5-4-16(11-19(18)20)21-7-9-28-30(21)23-3-1-2-10-33-23/h4-9,11,17,23H,1-3,10,13-15H2,(H,27,32)/t17-,23-/m1/s1. The smallest absolute Gasteiger partial charge is 0.252 e. The van der Waals surface area contributed by atoms with Crippen molar-refractivity contribution in [2.24, 2.45) is 0 Å². The number of thioether (sulfide) groups is 1. The molecule has 9 nitrogen and oxygen atoms in total. The third kappa shape index (κ3) is 4.36. The lowest BCUT2D eigenvalue weighted by atomic mass is 10.0. The summed E-state index contributed by atoms with van der Waals surface area (Å²) < 4.78 is 7.81. The lowest BCUT2D eigenvalue weighted by molar-refractivity contribution is -0.129.